The van der Waals surface area contributed by atoms with Crippen LogP contribution in [-0.2, 0) is 10.5 Å². The summed E-state index contributed by atoms with van der Waals surface area (Å²) in [6, 6.07) is 20.5. The van der Waals surface area contributed by atoms with Gasteiger partial charge in [0, 0.05) is 6.07 Å². The zero-order valence-corrected chi connectivity index (χ0v) is 14.8. The molecule has 2 aliphatic rings. The van der Waals surface area contributed by atoms with E-state index in [1.54, 1.807) is 17.0 Å². The summed E-state index contributed by atoms with van der Waals surface area (Å²) in [4.78, 5) is 15.4. The van der Waals surface area contributed by atoms with Crippen LogP contribution in [0.4, 0.5) is 0 Å². The van der Waals surface area contributed by atoms with Crippen molar-refractivity contribution in [3.05, 3.63) is 94.8 Å². The normalized spacial score (nSPS) is 23.4. The van der Waals surface area contributed by atoms with Crippen LogP contribution < -0.4 is 4.73 Å². The maximum Gasteiger partial charge on any atom is 0.257 e. The number of nitrogens with zero attached hydrogens (tertiary/aromatic N) is 2. The lowest BCUT2D eigenvalue weighted by molar-refractivity contribution is -0.594. The number of hydrogen-bond donors (Lipinski definition) is 0. The van der Waals surface area contributed by atoms with Crippen LogP contribution in [0.25, 0.3) is 11.3 Å². The number of rotatable bonds is 1. The predicted molar refractivity (Wildman–Crippen MR) is 99.5 cm³/mol. The molecule has 0 spiro atoms. The number of hydrogen-bond acceptors (Lipinski definition) is 3. The van der Waals surface area contributed by atoms with E-state index in [1.165, 1.54) is 6.20 Å². The topological polar surface area (TPSA) is 56.5 Å². The van der Waals surface area contributed by atoms with Gasteiger partial charge in [-0.05, 0) is 30.7 Å². The fourth-order valence-electron chi connectivity index (χ4n) is 4.28. The first-order valence-electron chi connectivity index (χ1n) is 8.96. The lowest BCUT2D eigenvalue weighted by Gasteiger charge is -2.35. The number of amides is 1. The van der Waals surface area contributed by atoms with Crippen LogP contribution in [0, 0.1) is 5.21 Å². The summed E-state index contributed by atoms with van der Waals surface area (Å²) in [5.41, 5.74) is 2.33. The van der Waals surface area contributed by atoms with Gasteiger partial charge in [0.25, 0.3) is 5.91 Å². The molecule has 1 saturated heterocycles. The van der Waals surface area contributed by atoms with Crippen molar-refractivity contribution >= 4 is 5.91 Å². The van der Waals surface area contributed by atoms with Crippen molar-refractivity contribution in [1.29, 1.82) is 0 Å². The highest BCUT2D eigenvalue weighted by Crippen LogP contribution is 2.49. The highest BCUT2D eigenvalue weighted by atomic mass is 16.5. The van der Waals surface area contributed by atoms with Crippen LogP contribution in [-0.4, -0.2) is 17.4 Å². The van der Waals surface area contributed by atoms with Gasteiger partial charge in [0.05, 0.1) is 29.3 Å². The Bertz CT molecular complexity index is 1050. The molecule has 0 aliphatic carbocycles. The van der Waals surface area contributed by atoms with Gasteiger partial charge in [0.1, 0.15) is 0 Å². The van der Waals surface area contributed by atoms with E-state index in [-0.39, 0.29) is 11.9 Å². The van der Waals surface area contributed by atoms with Gasteiger partial charge >= 0.3 is 0 Å². The minimum absolute atomic E-state index is 0.129. The maximum absolute atomic E-state index is 13.6. The van der Waals surface area contributed by atoms with Crippen molar-refractivity contribution in [2.24, 2.45) is 0 Å². The highest BCUT2D eigenvalue weighted by Gasteiger charge is 2.53. The summed E-state index contributed by atoms with van der Waals surface area (Å²) in [6.07, 6.45) is 1.46. The lowest BCUT2D eigenvalue weighted by Crippen LogP contribution is -2.45. The Hall–Kier alpha value is -3.18. The Morgan fingerprint density at radius 2 is 1.74 bits per heavy atom. The van der Waals surface area contributed by atoms with E-state index in [0.29, 0.717) is 29.0 Å². The number of aromatic nitrogens is 1. The highest BCUT2D eigenvalue weighted by molar-refractivity contribution is 6.02. The van der Waals surface area contributed by atoms with Crippen molar-refractivity contribution in [3.8, 4) is 11.3 Å². The van der Waals surface area contributed by atoms with E-state index < -0.39 is 5.72 Å². The number of carbonyl (C=O) groups is 1. The average Bonchev–Trinajstić information content (AvgIpc) is 3.03. The maximum atomic E-state index is 13.6. The number of carbonyl (C=O) groups excluding carboxylic acids is 1. The van der Waals surface area contributed by atoms with Crippen molar-refractivity contribution in [3.63, 3.8) is 0 Å². The lowest BCUT2D eigenvalue weighted by atomic mass is 9.97. The molecule has 2 aromatic carbocycles. The zero-order chi connectivity index (χ0) is 18.6. The minimum Gasteiger partial charge on any atom is -0.618 e. The van der Waals surface area contributed by atoms with Gasteiger partial charge in [-0.3, -0.25) is 9.69 Å². The van der Waals surface area contributed by atoms with Gasteiger partial charge in [-0.2, -0.15) is 4.73 Å². The first kappa shape index (κ1) is 16.0. The van der Waals surface area contributed by atoms with E-state index in [1.807, 2.05) is 61.5 Å². The molecule has 5 rings (SSSR count). The third-order valence-electron chi connectivity index (χ3n) is 5.57. The molecule has 3 aromatic rings. The van der Waals surface area contributed by atoms with Crippen LogP contribution in [0.2, 0.25) is 0 Å². The minimum atomic E-state index is -1.01. The second-order valence-corrected chi connectivity index (χ2v) is 7.04. The Labute approximate surface area is 157 Å². The van der Waals surface area contributed by atoms with Crippen molar-refractivity contribution in [2.45, 2.75) is 18.7 Å². The molecule has 1 amide bonds. The summed E-state index contributed by atoms with van der Waals surface area (Å²) in [7, 11) is 0. The molecule has 2 aliphatic heterocycles. The largest absolute Gasteiger partial charge is 0.618 e. The van der Waals surface area contributed by atoms with Gasteiger partial charge in [-0.25, -0.2) is 0 Å². The van der Waals surface area contributed by atoms with Gasteiger partial charge < -0.3 is 9.94 Å². The standard InChI is InChI=1S/C22H18N2O3/c1-22-18-12-7-13-23(26)20(18)16-10-5-6-11-17(16)21(25)24(22)19(14-27-22)15-8-3-2-4-9-15/h2-13,19H,14H2,1H3/t19-,22-/m0/s1. The van der Waals surface area contributed by atoms with Gasteiger partial charge in [0.2, 0.25) is 5.69 Å². The quantitative estimate of drug-likeness (QED) is 0.495. The Balaban J connectivity index is 1.81. The number of benzene rings is 2. The van der Waals surface area contributed by atoms with Crippen LogP contribution in [0.15, 0.2) is 72.9 Å². The van der Waals surface area contributed by atoms with E-state index in [2.05, 4.69) is 0 Å². The molecule has 0 N–H and O–H groups in total. The SMILES string of the molecule is C[C@@]12OC[C@@H](c3ccccc3)N1C(=O)c1ccccc1-c1c2ccc[n+]1[O-]. The Morgan fingerprint density at radius 1 is 1.04 bits per heavy atom. The van der Waals surface area contributed by atoms with Gasteiger partial charge in [-0.1, -0.05) is 42.5 Å². The molecule has 134 valence electrons. The van der Waals surface area contributed by atoms with Crippen molar-refractivity contribution in [1.82, 2.24) is 4.90 Å². The second-order valence-electron chi connectivity index (χ2n) is 7.04. The third kappa shape index (κ3) is 2.15. The molecule has 2 atom stereocenters. The fourth-order valence-corrected chi connectivity index (χ4v) is 4.28. The van der Waals surface area contributed by atoms with Crippen molar-refractivity contribution in [2.75, 3.05) is 6.61 Å². The number of pyridine rings is 1. The number of ether oxygens (including phenoxy) is 1. The van der Waals surface area contributed by atoms with Crippen LogP contribution in [0.3, 0.4) is 0 Å². The summed E-state index contributed by atoms with van der Waals surface area (Å²) >= 11 is 0. The fraction of sp³-hybridized carbons (Fsp3) is 0.182. The van der Waals surface area contributed by atoms with Crippen LogP contribution in [0.5, 0.6) is 0 Å². The molecule has 0 radical (unpaired) electrons. The van der Waals surface area contributed by atoms with Gasteiger partial charge in [-0.15, -0.1) is 0 Å². The molecule has 0 bridgehead atoms. The van der Waals surface area contributed by atoms with E-state index in [4.69, 9.17) is 4.74 Å². The van der Waals surface area contributed by atoms with Gasteiger partial charge in [0.15, 0.2) is 11.9 Å². The Morgan fingerprint density at radius 3 is 2.52 bits per heavy atom. The summed E-state index contributed by atoms with van der Waals surface area (Å²) in [6.45, 7) is 2.25. The van der Waals surface area contributed by atoms with Crippen LogP contribution in [0.1, 0.15) is 34.5 Å². The molecule has 5 heteroatoms. The summed E-state index contributed by atoms with van der Waals surface area (Å²) in [5.74, 6) is -0.129. The zero-order valence-electron chi connectivity index (χ0n) is 14.8. The summed E-state index contributed by atoms with van der Waals surface area (Å²) in [5, 5.41) is 12.7. The van der Waals surface area contributed by atoms with Crippen LogP contribution >= 0.6 is 0 Å². The third-order valence-corrected chi connectivity index (χ3v) is 5.57. The Kier molecular flexibility index (Phi) is 3.36. The van der Waals surface area contributed by atoms with E-state index >= 15 is 0 Å². The first-order valence-corrected chi connectivity index (χ1v) is 8.96. The molecule has 1 aromatic heterocycles. The average molecular weight is 358 g/mol. The second kappa shape index (κ2) is 5.66. The van der Waals surface area contributed by atoms with E-state index in [9.17, 15) is 10.0 Å². The monoisotopic (exact) mass is 358 g/mol. The molecule has 0 saturated carbocycles. The molecule has 27 heavy (non-hydrogen) atoms. The first-order chi connectivity index (χ1) is 13.1. The molecule has 5 nitrogen and oxygen atoms in total. The molecule has 0 unspecified atom stereocenters. The molecular weight excluding hydrogens is 340 g/mol. The molecule has 3 heterocycles. The smallest absolute Gasteiger partial charge is 0.257 e. The summed E-state index contributed by atoms with van der Waals surface area (Å²) < 4.78 is 7.06. The molecular formula is C22H18N2O3. The van der Waals surface area contributed by atoms with E-state index in [0.717, 1.165) is 10.3 Å². The number of fused-ring (bicyclic) bond motifs is 5. The van der Waals surface area contributed by atoms with Crippen molar-refractivity contribution < 1.29 is 14.3 Å². The molecule has 1 fully saturated rings. The predicted octanol–water partition coefficient (Wildman–Crippen LogP) is 3.39.